The van der Waals surface area contributed by atoms with Crippen molar-refractivity contribution < 1.29 is 4.74 Å². The van der Waals surface area contributed by atoms with Crippen LogP contribution < -0.4 is 4.74 Å². The van der Waals surface area contributed by atoms with E-state index in [9.17, 15) is 0 Å². The van der Waals surface area contributed by atoms with Crippen molar-refractivity contribution in [2.75, 3.05) is 26.7 Å². The molecule has 0 radical (unpaired) electrons. The van der Waals surface area contributed by atoms with E-state index < -0.39 is 0 Å². The first kappa shape index (κ1) is 15.7. The van der Waals surface area contributed by atoms with Crippen LogP contribution in [0.4, 0.5) is 0 Å². The molecule has 1 aromatic carbocycles. The fourth-order valence-corrected chi connectivity index (χ4v) is 2.67. The quantitative estimate of drug-likeness (QED) is 0.783. The summed E-state index contributed by atoms with van der Waals surface area (Å²) in [5, 5.41) is 1.07. The smallest absolute Gasteiger partial charge is 0.122 e. The second kappa shape index (κ2) is 7.36. The van der Waals surface area contributed by atoms with Gasteiger partial charge >= 0.3 is 0 Å². The van der Waals surface area contributed by atoms with Gasteiger partial charge in [0.05, 0.1) is 12.6 Å². The minimum atomic E-state index is 0.944. The van der Waals surface area contributed by atoms with Gasteiger partial charge in [-0.05, 0) is 57.1 Å². The maximum Gasteiger partial charge on any atom is 0.122 e. The van der Waals surface area contributed by atoms with Crippen molar-refractivity contribution in [3.05, 3.63) is 29.7 Å². The van der Waals surface area contributed by atoms with Crippen molar-refractivity contribution in [3.8, 4) is 5.75 Å². The molecule has 21 heavy (non-hydrogen) atoms. The van der Waals surface area contributed by atoms with E-state index in [0.717, 1.165) is 54.8 Å². The van der Waals surface area contributed by atoms with Crippen molar-refractivity contribution in [1.29, 1.82) is 0 Å². The molecule has 4 nitrogen and oxygen atoms in total. The fraction of sp³-hybridized carbons (Fsp3) is 0.529. The van der Waals surface area contributed by atoms with E-state index in [1.54, 1.807) is 13.4 Å². The van der Waals surface area contributed by atoms with Crippen LogP contribution in [0.5, 0.6) is 5.75 Å². The fourth-order valence-electron chi connectivity index (χ4n) is 2.67. The van der Waals surface area contributed by atoms with E-state index in [2.05, 4.69) is 40.8 Å². The summed E-state index contributed by atoms with van der Waals surface area (Å²) in [6.45, 7) is 9.76. The number of fused-ring (bicyclic) bond motifs is 1. The van der Waals surface area contributed by atoms with E-state index in [0.29, 0.717) is 0 Å². The zero-order valence-corrected chi connectivity index (χ0v) is 13.5. The third-order valence-corrected chi connectivity index (χ3v) is 4.05. The number of hydrogen-bond donors (Lipinski definition) is 0. The van der Waals surface area contributed by atoms with Gasteiger partial charge in [0, 0.05) is 11.1 Å². The normalized spacial score (nSPS) is 11.3. The van der Waals surface area contributed by atoms with E-state index >= 15 is 0 Å². The van der Waals surface area contributed by atoms with Gasteiger partial charge in [-0.2, -0.15) is 0 Å². The Balaban J connectivity index is 2.18. The number of benzene rings is 1. The molecule has 0 fully saturated rings. The van der Waals surface area contributed by atoms with Gasteiger partial charge in [0.15, 0.2) is 0 Å². The zero-order valence-electron chi connectivity index (χ0n) is 13.5. The minimum absolute atomic E-state index is 0.944. The average Bonchev–Trinajstić information content (AvgIpc) is 2.51. The van der Waals surface area contributed by atoms with Gasteiger partial charge in [0.1, 0.15) is 12.1 Å². The summed E-state index contributed by atoms with van der Waals surface area (Å²) in [4.78, 5) is 11.1. The molecular formula is C17H25N3O. The zero-order chi connectivity index (χ0) is 15.2. The van der Waals surface area contributed by atoms with Crippen molar-refractivity contribution in [3.63, 3.8) is 0 Å². The molecule has 0 spiro atoms. The Morgan fingerprint density at radius 1 is 1.14 bits per heavy atom. The Labute approximate surface area is 127 Å². The molecule has 0 bridgehead atoms. The van der Waals surface area contributed by atoms with Gasteiger partial charge in [-0.15, -0.1) is 0 Å². The second-order valence-corrected chi connectivity index (χ2v) is 5.27. The lowest BCUT2D eigenvalue weighted by Gasteiger charge is -2.18. The molecule has 0 aliphatic rings. The van der Waals surface area contributed by atoms with Crippen LogP contribution in [0.1, 0.15) is 31.5 Å². The van der Waals surface area contributed by atoms with E-state index in [1.165, 1.54) is 5.56 Å². The first-order valence-corrected chi connectivity index (χ1v) is 7.70. The summed E-state index contributed by atoms with van der Waals surface area (Å²) in [5.41, 5.74) is 3.23. The lowest BCUT2D eigenvalue weighted by Crippen LogP contribution is -2.24. The number of aromatic nitrogens is 2. The molecule has 0 N–H and O–H groups in total. The van der Waals surface area contributed by atoms with Crippen molar-refractivity contribution in [2.24, 2.45) is 0 Å². The Morgan fingerprint density at radius 3 is 2.57 bits per heavy atom. The Morgan fingerprint density at radius 2 is 1.90 bits per heavy atom. The number of hydrogen-bond acceptors (Lipinski definition) is 4. The van der Waals surface area contributed by atoms with Gasteiger partial charge < -0.3 is 9.64 Å². The molecule has 0 unspecified atom stereocenters. The van der Waals surface area contributed by atoms with Crippen LogP contribution in [-0.2, 0) is 6.42 Å². The van der Waals surface area contributed by atoms with Gasteiger partial charge in [-0.1, -0.05) is 13.8 Å². The molecule has 1 aromatic heterocycles. The summed E-state index contributed by atoms with van der Waals surface area (Å²) in [6, 6.07) is 4.21. The molecule has 0 aliphatic carbocycles. The molecule has 0 saturated heterocycles. The van der Waals surface area contributed by atoms with Crippen molar-refractivity contribution >= 4 is 10.9 Å². The van der Waals surface area contributed by atoms with E-state index in [4.69, 9.17) is 4.74 Å². The summed E-state index contributed by atoms with van der Waals surface area (Å²) in [7, 11) is 1.73. The molecule has 4 heteroatoms. The summed E-state index contributed by atoms with van der Waals surface area (Å²) in [5.74, 6) is 0.944. The number of methoxy groups -OCH3 is 1. The number of rotatable bonds is 7. The molecule has 0 atom stereocenters. The standard InChI is InChI=1S/C17H25N3O/c1-5-20(6-2)9-7-8-14-10-16-15(11-17(14)21-4)13(3)18-12-19-16/h10-12H,5-9H2,1-4H3. The van der Waals surface area contributed by atoms with Gasteiger partial charge in [0.25, 0.3) is 0 Å². The van der Waals surface area contributed by atoms with Crippen LogP contribution >= 0.6 is 0 Å². The van der Waals surface area contributed by atoms with Crippen LogP contribution in [-0.4, -0.2) is 41.6 Å². The molecular weight excluding hydrogens is 262 g/mol. The van der Waals surface area contributed by atoms with E-state index in [1.807, 2.05) is 6.92 Å². The Hall–Kier alpha value is -1.68. The largest absolute Gasteiger partial charge is 0.496 e. The molecule has 2 aromatic rings. The highest BCUT2D eigenvalue weighted by atomic mass is 16.5. The molecule has 1 heterocycles. The minimum Gasteiger partial charge on any atom is -0.496 e. The summed E-state index contributed by atoms with van der Waals surface area (Å²) >= 11 is 0. The van der Waals surface area contributed by atoms with Crippen molar-refractivity contribution in [2.45, 2.75) is 33.6 Å². The highest BCUT2D eigenvalue weighted by Gasteiger charge is 2.09. The van der Waals surface area contributed by atoms with Crippen molar-refractivity contribution in [1.82, 2.24) is 14.9 Å². The maximum atomic E-state index is 5.55. The Kier molecular flexibility index (Phi) is 5.51. The van der Waals surface area contributed by atoms with Gasteiger partial charge in [0.2, 0.25) is 0 Å². The van der Waals surface area contributed by atoms with Gasteiger partial charge in [-0.3, -0.25) is 0 Å². The monoisotopic (exact) mass is 287 g/mol. The predicted molar refractivity (Wildman–Crippen MR) is 86.9 cm³/mol. The SMILES string of the molecule is CCN(CC)CCCc1cc2ncnc(C)c2cc1OC. The summed E-state index contributed by atoms with van der Waals surface area (Å²) < 4.78 is 5.55. The molecule has 2 rings (SSSR count). The topological polar surface area (TPSA) is 38.2 Å². The highest BCUT2D eigenvalue weighted by molar-refractivity contribution is 5.83. The molecule has 114 valence electrons. The second-order valence-electron chi connectivity index (χ2n) is 5.27. The molecule has 0 amide bonds. The van der Waals surface area contributed by atoms with Crippen LogP contribution in [0.3, 0.4) is 0 Å². The summed E-state index contributed by atoms with van der Waals surface area (Å²) in [6.07, 6.45) is 3.77. The number of nitrogens with zero attached hydrogens (tertiary/aromatic N) is 3. The van der Waals surface area contributed by atoms with Crippen LogP contribution in [0.2, 0.25) is 0 Å². The lowest BCUT2D eigenvalue weighted by atomic mass is 10.0. The lowest BCUT2D eigenvalue weighted by molar-refractivity contribution is 0.299. The molecule has 0 saturated carbocycles. The van der Waals surface area contributed by atoms with Crippen LogP contribution in [0.25, 0.3) is 10.9 Å². The Bertz CT molecular complexity index is 594. The van der Waals surface area contributed by atoms with Gasteiger partial charge in [-0.25, -0.2) is 9.97 Å². The number of aryl methyl sites for hydroxylation is 2. The number of ether oxygens (including phenoxy) is 1. The first-order valence-electron chi connectivity index (χ1n) is 7.70. The van der Waals surface area contributed by atoms with Crippen LogP contribution in [0.15, 0.2) is 18.5 Å². The highest BCUT2D eigenvalue weighted by Crippen LogP contribution is 2.27. The third-order valence-electron chi connectivity index (χ3n) is 4.05. The first-order chi connectivity index (χ1) is 10.2. The average molecular weight is 287 g/mol. The predicted octanol–water partition coefficient (Wildman–Crippen LogP) is 3.22. The maximum absolute atomic E-state index is 5.55. The third kappa shape index (κ3) is 3.70. The molecule has 0 aliphatic heterocycles. The van der Waals surface area contributed by atoms with E-state index in [-0.39, 0.29) is 0 Å². The van der Waals surface area contributed by atoms with Crippen LogP contribution in [0, 0.1) is 6.92 Å².